The fourth-order valence-corrected chi connectivity index (χ4v) is 2.73. The van der Waals surface area contributed by atoms with E-state index >= 15 is 0 Å². The van der Waals surface area contributed by atoms with Gasteiger partial charge >= 0.3 is 0 Å². The Morgan fingerprint density at radius 3 is 2.75 bits per heavy atom. The summed E-state index contributed by atoms with van der Waals surface area (Å²) in [4.78, 5) is 14.6. The minimum absolute atomic E-state index is 0.0243. The molecule has 1 aromatic heterocycles. The van der Waals surface area contributed by atoms with Gasteiger partial charge in [0.25, 0.3) is 5.91 Å². The van der Waals surface area contributed by atoms with Crippen molar-refractivity contribution in [1.82, 2.24) is 25.2 Å². The molecular weight excluding hydrogens is 330 g/mol. The number of nitrogens with one attached hydrogen (secondary N) is 1. The number of carbonyl (C=O) groups excluding carboxylic acids is 1. The monoisotopic (exact) mass is 349 g/mol. The third kappa shape index (κ3) is 4.31. The van der Waals surface area contributed by atoms with E-state index in [0.717, 1.165) is 38.5 Å². The number of aromatic nitrogens is 3. The smallest absolute Gasteiger partial charge is 0.273 e. The van der Waals surface area contributed by atoms with Crippen molar-refractivity contribution in [3.63, 3.8) is 0 Å². The quantitative estimate of drug-likeness (QED) is 0.882. The second-order valence-corrected chi connectivity index (χ2v) is 6.25. The Hall–Kier alpha value is -1.96. The largest absolute Gasteiger partial charge is 0.379 e. The van der Waals surface area contributed by atoms with Crippen molar-refractivity contribution in [1.29, 1.82) is 0 Å². The van der Waals surface area contributed by atoms with Crippen molar-refractivity contribution < 1.29 is 9.53 Å². The van der Waals surface area contributed by atoms with Crippen molar-refractivity contribution in [2.75, 3.05) is 32.8 Å². The molecule has 1 saturated heterocycles. The highest BCUT2D eigenvalue weighted by molar-refractivity contribution is 6.30. The van der Waals surface area contributed by atoms with Crippen LogP contribution in [0.1, 0.15) is 17.4 Å². The minimum Gasteiger partial charge on any atom is -0.379 e. The Morgan fingerprint density at radius 2 is 2.04 bits per heavy atom. The average molecular weight is 350 g/mol. The van der Waals surface area contributed by atoms with Crippen molar-refractivity contribution in [2.24, 2.45) is 0 Å². The van der Waals surface area contributed by atoms with E-state index in [0.29, 0.717) is 10.7 Å². The molecule has 1 fully saturated rings. The van der Waals surface area contributed by atoms with Crippen LogP contribution in [0.2, 0.25) is 5.02 Å². The zero-order valence-corrected chi connectivity index (χ0v) is 14.2. The van der Waals surface area contributed by atoms with Gasteiger partial charge in [0, 0.05) is 30.7 Å². The number of amides is 1. The van der Waals surface area contributed by atoms with E-state index in [1.807, 2.05) is 19.1 Å². The summed E-state index contributed by atoms with van der Waals surface area (Å²) in [6.45, 7) is 6.06. The summed E-state index contributed by atoms with van der Waals surface area (Å²) in [6.07, 6.45) is 1.61. The number of carbonyl (C=O) groups is 1. The van der Waals surface area contributed by atoms with Gasteiger partial charge in [-0.05, 0) is 31.2 Å². The second kappa shape index (κ2) is 7.74. The van der Waals surface area contributed by atoms with Crippen LogP contribution in [-0.4, -0.2) is 64.7 Å². The first-order valence-electron chi connectivity index (χ1n) is 7.91. The van der Waals surface area contributed by atoms with Crippen LogP contribution < -0.4 is 5.32 Å². The Labute approximate surface area is 145 Å². The molecule has 2 aromatic rings. The molecule has 0 bridgehead atoms. The van der Waals surface area contributed by atoms with E-state index in [4.69, 9.17) is 16.3 Å². The summed E-state index contributed by atoms with van der Waals surface area (Å²) in [7, 11) is 0. The van der Waals surface area contributed by atoms with E-state index < -0.39 is 0 Å². The standard InChI is InChI=1S/C16H20ClN5O2/c1-12(10-21-6-8-24-9-7-21)18-16(23)15-11-22(20-19-15)14-4-2-13(17)3-5-14/h2-5,11-12H,6-10H2,1H3,(H,18,23)/t12-/m0/s1. The summed E-state index contributed by atoms with van der Waals surface area (Å²) in [5.41, 5.74) is 1.09. The average Bonchev–Trinajstić information content (AvgIpc) is 3.06. The lowest BCUT2D eigenvalue weighted by molar-refractivity contribution is 0.0342. The first-order valence-corrected chi connectivity index (χ1v) is 8.29. The fraction of sp³-hybridized carbons (Fsp3) is 0.438. The summed E-state index contributed by atoms with van der Waals surface area (Å²) in [6, 6.07) is 7.20. The van der Waals surface area contributed by atoms with Crippen LogP contribution in [0.15, 0.2) is 30.5 Å². The SMILES string of the molecule is C[C@@H](CN1CCOCC1)NC(=O)c1cn(-c2ccc(Cl)cc2)nn1. The molecule has 1 aromatic carbocycles. The minimum atomic E-state index is -0.226. The first-order chi connectivity index (χ1) is 11.6. The maximum Gasteiger partial charge on any atom is 0.273 e. The number of rotatable bonds is 5. The lowest BCUT2D eigenvalue weighted by Crippen LogP contribution is -2.46. The molecule has 0 radical (unpaired) electrons. The molecule has 7 nitrogen and oxygen atoms in total. The van der Waals surface area contributed by atoms with Crippen molar-refractivity contribution in [3.8, 4) is 5.69 Å². The highest BCUT2D eigenvalue weighted by atomic mass is 35.5. The molecule has 128 valence electrons. The Morgan fingerprint density at radius 1 is 1.33 bits per heavy atom. The maximum atomic E-state index is 12.3. The summed E-state index contributed by atoms with van der Waals surface area (Å²) >= 11 is 5.87. The van der Waals surface area contributed by atoms with E-state index in [2.05, 4.69) is 20.5 Å². The van der Waals surface area contributed by atoms with Crippen LogP contribution in [0.5, 0.6) is 0 Å². The maximum absolute atomic E-state index is 12.3. The molecule has 1 amide bonds. The van der Waals surface area contributed by atoms with Gasteiger partial charge in [-0.3, -0.25) is 9.69 Å². The molecule has 8 heteroatoms. The lowest BCUT2D eigenvalue weighted by atomic mass is 10.2. The Bertz CT molecular complexity index is 682. The van der Waals surface area contributed by atoms with Gasteiger partial charge < -0.3 is 10.1 Å². The molecular formula is C16H20ClN5O2. The molecule has 0 spiro atoms. The summed E-state index contributed by atoms with van der Waals surface area (Å²) in [5.74, 6) is -0.226. The first kappa shape index (κ1) is 16.9. The zero-order valence-electron chi connectivity index (χ0n) is 13.5. The number of benzene rings is 1. The topological polar surface area (TPSA) is 72.3 Å². The van der Waals surface area contributed by atoms with Crippen molar-refractivity contribution >= 4 is 17.5 Å². The lowest BCUT2D eigenvalue weighted by Gasteiger charge is -2.29. The van der Waals surface area contributed by atoms with E-state index in [1.54, 1.807) is 23.0 Å². The highest BCUT2D eigenvalue weighted by Gasteiger charge is 2.17. The highest BCUT2D eigenvalue weighted by Crippen LogP contribution is 2.12. The number of hydrogen-bond acceptors (Lipinski definition) is 5. The number of morpholine rings is 1. The Kier molecular flexibility index (Phi) is 5.44. The van der Waals surface area contributed by atoms with Gasteiger partial charge in [0.1, 0.15) is 0 Å². The molecule has 1 aliphatic heterocycles. The number of halogens is 1. The summed E-state index contributed by atoms with van der Waals surface area (Å²) in [5, 5.41) is 11.6. The molecule has 3 rings (SSSR count). The molecule has 0 aliphatic carbocycles. The van der Waals surface area contributed by atoms with Gasteiger partial charge in [0.2, 0.25) is 0 Å². The summed E-state index contributed by atoms with van der Waals surface area (Å²) < 4.78 is 6.88. The predicted octanol–water partition coefficient (Wildman–Crippen LogP) is 1.37. The number of hydrogen-bond donors (Lipinski definition) is 1. The molecule has 0 saturated carbocycles. The third-order valence-corrected chi connectivity index (χ3v) is 4.08. The van der Waals surface area contributed by atoms with Gasteiger partial charge in [-0.25, -0.2) is 4.68 Å². The van der Waals surface area contributed by atoms with Crippen LogP contribution in [-0.2, 0) is 4.74 Å². The predicted molar refractivity (Wildman–Crippen MR) is 90.6 cm³/mol. The van der Waals surface area contributed by atoms with Gasteiger partial charge in [-0.1, -0.05) is 16.8 Å². The van der Waals surface area contributed by atoms with Crippen LogP contribution in [0.4, 0.5) is 0 Å². The van der Waals surface area contributed by atoms with Gasteiger partial charge in [-0.2, -0.15) is 0 Å². The van der Waals surface area contributed by atoms with E-state index in [1.165, 1.54) is 0 Å². The van der Waals surface area contributed by atoms with Gasteiger partial charge in [0.15, 0.2) is 5.69 Å². The molecule has 1 aliphatic rings. The van der Waals surface area contributed by atoms with Gasteiger partial charge in [-0.15, -0.1) is 5.10 Å². The Balaban J connectivity index is 1.58. The molecule has 1 N–H and O–H groups in total. The van der Waals surface area contributed by atoms with Crippen molar-refractivity contribution in [3.05, 3.63) is 41.2 Å². The molecule has 0 unspecified atom stereocenters. The van der Waals surface area contributed by atoms with Crippen LogP contribution in [0.3, 0.4) is 0 Å². The normalized spacial score (nSPS) is 16.8. The van der Waals surface area contributed by atoms with Crippen molar-refractivity contribution in [2.45, 2.75) is 13.0 Å². The molecule has 2 heterocycles. The van der Waals surface area contributed by atoms with Gasteiger partial charge in [0.05, 0.1) is 25.1 Å². The van der Waals surface area contributed by atoms with E-state index in [-0.39, 0.29) is 11.9 Å². The second-order valence-electron chi connectivity index (χ2n) is 5.81. The third-order valence-electron chi connectivity index (χ3n) is 3.83. The molecule has 1 atom stereocenters. The number of nitrogens with zero attached hydrogens (tertiary/aromatic N) is 4. The zero-order chi connectivity index (χ0) is 16.9. The van der Waals surface area contributed by atoms with Crippen LogP contribution in [0, 0.1) is 0 Å². The van der Waals surface area contributed by atoms with Crippen LogP contribution >= 0.6 is 11.6 Å². The number of ether oxygens (including phenoxy) is 1. The van der Waals surface area contributed by atoms with Crippen LogP contribution in [0.25, 0.3) is 5.69 Å². The molecule has 24 heavy (non-hydrogen) atoms. The van der Waals surface area contributed by atoms with E-state index in [9.17, 15) is 4.79 Å². The fourth-order valence-electron chi connectivity index (χ4n) is 2.60.